The zero-order chi connectivity index (χ0) is 13.9. The van der Waals surface area contributed by atoms with Crippen molar-refractivity contribution in [2.24, 2.45) is 5.92 Å². The van der Waals surface area contributed by atoms with Crippen LogP contribution in [0, 0.1) is 5.92 Å². The monoisotopic (exact) mass is 274 g/mol. The Kier molecular flexibility index (Phi) is 4.41. The average molecular weight is 274 g/mol. The van der Waals surface area contributed by atoms with Crippen LogP contribution in [0.5, 0.6) is 0 Å². The summed E-state index contributed by atoms with van der Waals surface area (Å²) in [5.41, 5.74) is 1.80. The molecule has 1 saturated heterocycles. The van der Waals surface area contributed by atoms with Crippen molar-refractivity contribution >= 4 is 12.6 Å². The van der Waals surface area contributed by atoms with Crippen molar-refractivity contribution in [1.82, 2.24) is 9.80 Å². The Labute approximate surface area is 121 Å². The smallest absolute Gasteiger partial charge is 0.423 e. The first-order valence-corrected chi connectivity index (χ1v) is 7.60. The van der Waals surface area contributed by atoms with Gasteiger partial charge in [0.05, 0.1) is 0 Å². The molecule has 3 rings (SSSR count). The molecule has 1 aliphatic carbocycles. The molecule has 1 heterocycles. The van der Waals surface area contributed by atoms with Gasteiger partial charge >= 0.3 is 7.12 Å². The van der Waals surface area contributed by atoms with Crippen LogP contribution in [0.15, 0.2) is 24.3 Å². The van der Waals surface area contributed by atoms with Gasteiger partial charge in [-0.05, 0) is 29.8 Å². The molecular weight excluding hydrogens is 251 g/mol. The van der Waals surface area contributed by atoms with Crippen LogP contribution < -0.4 is 5.46 Å². The maximum atomic E-state index is 9.08. The lowest BCUT2D eigenvalue weighted by molar-refractivity contribution is 0.123. The van der Waals surface area contributed by atoms with Gasteiger partial charge in [-0.3, -0.25) is 4.90 Å². The number of piperazine rings is 1. The molecule has 4 nitrogen and oxygen atoms in total. The molecule has 5 heteroatoms. The second kappa shape index (κ2) is 6.27. The minimum atomic E-state index is -1.37. The molecule has 0 unspecified atom stereocenters. The van der Waals surface area contributed by atoms with Gasteiger partial charge in [-0.25, -0.2) is 0 Å². The Balaban J connectivity index is 1.46. The lowest BCUT2D eigenvalue weighted by Crippen LogP contribution is -2.46. The van der Waals surface area contributed by atoms with E-state index in [0.717, 1.165) is 25.6 Å². The summed E-state index contributed by atoms with van der Waals surface area (Å²) < 4.78 is 0. The molecule has 2 fully saturated rings. The Morgan fingerprint density at radius 1 is 0.950 bits per heavy atom. The number of hydrogen-bond donors (Lipinski definition) is 2. The Bertz CT molecular complexity index is 426. The Morgan fingerprint density at radius 2 is 1.55 bits per heavy atom. The summed E-state index contributed by atoms with van der Waals surface area (Å²) in [6.45, 7) is 6.90. The van der Waals surface area contributed by atoms with Crippen molar-refractivity contribution in [2.75, 3.05) is 32.7 Å². The van der Waals surface area contributed by atoms with E-state index in [1.807, 2.05) is 12.1 Å². The third-order valence-electron chi connectivity index (χ3n) is 4.36. The lowest BCUT2D eigenvalue weighted by Gasteiger charge is -2.34. The van der Waals surface area contributed by atoms with Crippen molar-refractivity contribution in [1.29, 1.82) is 0 Å². The van der Waals surface area contributed by atoms with E-state index in [2.05, 4.69) is 9.80 Å². The molecule has 0 radical (unpaired) electrons. The van der Waals surface area contributed by atoms with E-state index < -0.39 is 7.12 Å². The van der Waals surface area contributed by atoms with Crippen molar-refractivity contribution < 1.29 is 10.0 Å². The topological polar surface area (TPSA) is 46.9 Å². The SMILES string of the molecule is OB(O)c1ccc(CN2CCN(CC3CC3)CC2)cc1. The van der Waals surface area contributed by atoms with Crippen molar-refractivity contribution in [3.63, 3.8) is 0 Å². The Hall–Kier alpha value is -0.875. The van der Waals surface area contributed by atoms with E-state index in [0.29, 0.717) is 5.46 Å². The van der Waals surface area contributed by atoms with E-state index in [1.165, 1.54) is 38.0 Å². The van der Waals surface area contributed by atoms with Gasteiger partial charge < -0.3 is 14.9 Å². The minimum Gasteiger partial charge on any atom is -0.423 e. The highest BCUT2D eigenvalue weighted by Gasteiger charge is 2.26. The molecule has 2 N–H and O–H groups in total. The van der Waals surface area contributed by atoms with E-state index >= 15 is 0 Å². The molecule has 0 bridgehead atoms. The number of hydrogen-bond acceptors (Lipinski definition) is 4. The fourth-order valence-electron chi connectivity index (χ4n) is 2.85. The van der Waals surface area contributed by atoms with Crippen LogP contribution in [0.2, 0.25) is 0 Å². The van der Waals surface area contributed by atoms with Crippen molar-refractivity contribution in [3.8, 4) is 0 Å². The standard InChI is InChI=1S/C15H23BN2O2/c19-16(20)15-5-3-14(4-6-15)12-18-9-7-17(8-10-18)11-13-1-2-13/h3-6,13,19-20H,1-2,7-12H2. The normalized spacial score (nSPS) is 21.1. The summed E-state index contributed by atoms with van der Waals surface area (Å²) in [7, 11) is -1.37. The van der Waals surface area contributed by atoms with Crippen LogP contribution in [-0.2, 0) is 6.54 Å². The van der Waals surface area contributed by atoms with Crippen LogP contribution >= 0.6 is 0 Å². The summed E-state index contributed by atoms with van der Waals surface area (Å²) in [6.07, 6.45) is 2.87. The summed E-state index contributed by atoms with van der Waals surface area (Å²) in [4.78, 5) is 5.08. The lowest BCUT2D eigenvalue weighted by atomic mass is 9.80. The van der Waals surface area contributed by atoms with Crippen LogP contribution in [0.25, 0.3) is 0 Å². The molecule has 20 heavy (non-hydrogen) atoms. The van der Waals surface area contributed by atoms with E-state index in [1.54, 1.807) is 12.1 Å². The third kappa shape index (κ3) is 3.82. The van der Waals surface area contributed by atoms with Gasteiger partial charge in [0.1, 0.15) is 0 Å². The van der Waals surface area contributed by atoms with Gasteiger partial charge in [0.15, 0.2) is 0 Å². The number of rotatable bonds is 5. The van der Waals surface area contributed by atoms with Gasteiger partial charge in [0, 0.05) is 39.3 Å². The number of nitrogens with zero attached hydrogens (tertiary/aromatic N) is 2. The molecule has 0 spiro atoms. The molecule has 108 valence electrons. The van der Waals surface area contributed by atoms with Gasteiger partial charge in [0.2, 0.25) is 0 Å². The summed E-state index contributed by atoms with van der Waals surface area (Å²) in [6, 6.07) is 7.57. The third-order valence-corrected chi connectivity index (χ3v) is 4.36. The second-order valence-electron chi connectivity index (χ2n) is 6.14. The summed E-state index contributed by atoms with van der Waals surface area (Å²) >= 11 is 0. The zero-order valence-electron chi connectivity index (χ0n) is 11.9. The highest BCUT2D eigenvalue weighted by atomic mass is 16.4. The first-order chi connectivity index (χ1) is 9.70. The minimum absolute atomic E-state index is 0.558. The maximum Gasteiger partial charge on any atom is 0.488 e. The predicted octanol–water partition coefficient (Wildman–Crippen LogP) is -0.106. The van der Waals surface area contributed by atoms with E-state index in [4.69, 9.17) is 10.0 Å². The molecule has 0 amide bonds. The second-order valence-corrected chi connectivity index (χ2v) is 6.14. The van der Waals surface area contributed by atoms with Crippen molar-refractivity contribution in [3.05, 3.63) is 29.8 Å². The van der Waals surface area contributed by atoms with Crippen LogP contribution in [0.3, 0.4) is 0 Å². The molecular formula is C15H23BN2O2. The molecule has 0 aromatic heterocycles. The largest absolute Gasteiger partial charge is 0.488 e. The fraction of sp³-hybridized carbons (Fsp3) is 0.600. The average Bonchev–Trinajstić information content (AvgIpc) is 3.26. The first kappa shape index (κ1) is 14.1. The predicted molar refractivity (Wildman–Crippen MR) is 80.7 cm³/mol. The van der Waals surface area contributed by atoms with Gasteiger partial charge in [-0.2, -0.15) is 0 Å². The summed E-state index contributed by atoms with van der Waals surface area (Å²) in [5.74, 6) is 0.985. The number of benzene rings is 1. The van der Waals surface area contributed by atoms with Crippen LogP contribution in [-0.4, -0.2) is 59.7 Å². The molecule has 2 aliphatic rings. The molecule has 1 aliphatic heterocycles. The van der Waals surface area contributed by atoms with Crippen LogP contribution in [0.4, 0.5) is 0 Å². The first-order valence-electron chi connectivity index (χ1n) is 7.60. The van der Waals surface area contributed by atoms with Gasteiger partial charge in [-0.1, -0.05) is 24.3 Å². The summed E-state index contributed by atoms with van der Waals surface area (Å²) in [5, 5.41) is 18.2. The fourth-order valence-corrected chi connectivity index (χ4v) is 2.85. The van der Waals surface area contributed by atoms with Gasteiger partial charge in [-0.15, -0.1) is 0 Å². The van der Waals surface area contributed by atoms with Crippen molar-refractivity contribution in [2.45, 2.75) is 19.4 Å². The van der Waals surface area contributed by atoms with E-state index in [9.17, 15) is 0 Å². The molecule has 1 aromatic rings. The highest BCUT2D eigenvalue weighted by Crippen LogP contribution is 2.29. The highest BCUT2D eigenvalue weighted by molar-refractivity contribution is 6.58. The molecule has 1 saturated carbocycles. The molecule has 0 atom stereocenters. The Morgan fingerprint density at radius 3 is 2.10 bits per heavy atom. The van der Waals surface area contributed by atoms with Gasteiger partial charge in [0.25, 0.3) is 0 Å². The molecule has 1 aromatic carbocycles. The zero-order valence-corrected chi connectivity index (χ0v) is 11.9. The quantitative estimate of drug-likeness (QED) is 0.736. The van der Waals surface area contributed by atoms with E-state index in [-0.39, 0.29) is 0 Å². The maximum absolute atomic E-state index is 9.08. The van der Waals surface area contributed by atoms with Crippen LogP contribution in [0.1, 0.15) is 18.4 Å².